The van der Waals surface area contributed by atoms with Crippen molar-refractivity contribution in [2.75, 3.05) is 35.0 Å². The molecule has 0 fully saturated rings. The van der Waals surface area contributed by atoms with Crippen LogP contribution >= 0.6 is 35.3 Å². The monoisotopic (exact) mass is 648 g/mol. The number of benzene rings is 3. The molecule has 0 aliphatic carbocycles. The molecular weight excluding hydrogens is 617 g/mol. The molecule has 4 rings (SSSR count). The van der Waals surface area contributed by atoms with Gasteiger partial charge in [0.05, 0.1) is 35.1 Å². The van der Waals surface area contributed by atoms with Crippen molar-refractivity contribution < 1.29 is 23.9 Å². The molecule has 1 unspecified atom stereocenters. The van der Waals surface area contributed by atoms with Crippen molar-refractivity contribution >= 4 is 80.3 Å². The standard InChI is InChI=1S/C32H32N4O5S3/c1-5-41-31(39)26-19(2)27(29(38)33-21-12-7-6-8-13-21)44-30(26)36-28(37)20(3)43-23-15-11-14-22(18-23)34-32(42)35-24-16-9-10-17-25(24)40-4/h6-18,20H,5H2,1-4H3,(H,33,38)(H,36,37)(H2,34,35,42). The number of hydrogen-bond acceptors (Lipinski definition) is 8. The second kappa shape index (κ2) is 15.4. The van der Waals surface area contributed by atoms with Crippen LogP contribution in [0.2, 0.25) is 0 Å². The highest BCUT2D eigenvalue weighted by Gasteiger charge is 2.28. The number of carbonyl (C=O) groups excluding carboxylic acids is 3. The third-order valence-electron chi connectivity index (χ3n) is 6.23. The third kappa shape index (κ3) is 8.37. The number of thioether (sulfide) groups is 1. The minimum atomic E-state index is -0.605. The van der Waals surface area contributed by atoms with Crippen LogP contribution in [0.1, 0.15) is 39.4 Å². The number of hydrogen-bond donors (Lipinski definition) is 4. The molecule has 1 atom stereocenters. The average molecular weight is 649 g/mol. The second-order valence-electron chi connectivity index (χ2n) is 9.36. The van der Waals surface area contributed by atoms with Gasteiger partial charge in [-0.25, -0.2) is 4.79 Å². The quantitative estimate of drug-likeness (QED) is 0.0749. The lowest BCUT2D eigenvalue weighted by Crippen LogP contribution is -2.23. The van der Waals surface area contributed by atoms with Crippen molar-refractivity contribution in [1.29, 1.82) is 0 Å². The molecule has 0 bridgehead atoms. The van der Waals surface area contributed by atoms with Crippen molar-refractivity contribution in [2.45, 2.75) is 30.9 Å². The maximum atomic E-state index is 13.3. The second-order valence-corrected chi connectivity index (χ2v) is 12.2. The largest absolute Gasteiger partial charge is 0.495 e. The van der Waals surface area contributed by atoms with Crippen molar-refractivity contribution in [1.82, 2.24) is 0 Å². The molecule has 0 spiro atoms. The van der Waals surface area contributed by atoms with Crippen molar-refractivity contribution in [3.63, 3.8) is 0 Å². The van der Waals surface area contributed by atoms with Crippen LogP contribution in [0.15, 0.2) is 83.8 Å². The average Bonchev–Trinajstić information content (AvgIpc) is 3.33. The van der Waals surface area contributed by atoms with E-state index < -0.39 is 11.2 Å². The van der Waals surface area contributed by atoms with Gasteiger partial charge in [0.25, 0.3) is 5.91 Å². The molecule has 0 saturated heterocycles. The first-order valence-corrected chi connectivity index (χ1v) is 15.8. The molecular formula is C32H32N4O5S3. The predicted molar refractivity (Wildman–Crippen MR) is 183 cm³/mol. The summed E-state index contributed by atoms with van der Waals surface area (Å²) >= 11 is 7.85. The lowest BCUT2D eigenvalue weighted by atomic mass is 10.1. The predicted octanol–water partition coefficient (Wildman–Crippen LogP) is 7.42. The Morgan fingerprint density at radius 2 is 1.61 bits per heavy atom. The topological polar surface area (TPSA) is 118 Å². The molecule has 1 aromatic heterocycles. The Labute approximate surface area is 269 Å². The van der Waals surface area contributed by atoms with Crippen LogP contribution in [-0.2, 0) is 9.53 Å². The van der Waals surface area contributed by atoms with E-state index in [4.69, 9.17) is 21.7 Å². The van der Waals surface area contributed by atoms with Crippen LogP contribution in [0.3, 0.4) is 0 Å². The van der Waals surface area contributed by atoms with Crippen LogP contribution in [0.4, 0.5) is 22.1 Å². The zero-order valence-corrected chi connectivity index (χ0v) is 27.0. The molecule has 0 aliphatic heterocycles. The van der Waals surface area contributed by atoms with Crippen molar-refractivity contribution in [2.24, 2.45) is 0 Å². The highest BCUT2D eigenvalue weighted by Crippen LogP contribution is 2.35. The SMILES string of the molecule is CCOC(=O)c1c(NC(=O)C(C)Sc2cccc(NC(=S)Nc3ccccc3OC)c2)sc(C(=O)Nc2ccccc2)c1C. The Balaban J connectivity index is 1.45. The summed E-state index contributed by atoms with van der Waals surface area (Å²) in [5.74, 6) is -0.651. The first-order chi connectivity index (χ1) is 21.2. The molecule has 9 nitrogen and oxygen atoms in total. The Morgan fingerprint density at radius 3 is 2.34 bits per heavy atom. The van der Waals surface area contributed by atoms with Gasteiger partial charge in [0.2, 0.25) is 5.91 Å². The van der Waals surface area contributed by atoms with Crippen LogP contribution in [0.5, 0.6) is 5.75 Å². The third-order valence-corrected chi connectivity index (χ3v) is 8.73. The van der Waals surface area contributed by atoms with E-state index in [2.05, 4.69) is 21.3 Å². The van der Waals surface area contributed by atoms with Gasteiger partial charge in [-0.05, 0) is 81.0 Å². The van der Waals surface area contributed by atoms with E-state index in [9.17, 15) is 14.4 Å². The number of esters is 1. The normalized spacial score (nSPS) is 11.2. The van der Waals surface area contributed by atoms with Gasteiger partial charge in [0.1, 0.15) is 10.8 Å². The van der Waals surface area contributed by atoms with E-state index in [1.807, 2.05) is 66.7 Å². The van der Waals surface area contributed by atoms with Crippen LogP contribution in [0.25, 0.3) is 0 Å². The smallest absolute Gasteiger partial charge is 0.341 e. The molecule has 12 heteroatoms. The molecule has 4 aromatic rings. The number of thiocarbonyl (C=S) groups is 1. The molecule has 0 aliphatic rings. The molecule has 2 amide bonds. The first kappa shape index (κ1) is 32.5. The van der Waals surface area contributed by atoms with Crippen LogP contribution in [0, 0.1) is 6.92 Å². The van der Waals surface area contributed by atoms with Gasteiger partial charge < -0.3 is 30.7 Å². The van der Waals surface area contributed by atoms with E-state index in [1.54, 1.807) is 40.0 Å². The summed E-state index contributed by atoms with van der Waals surface area (Å²) in [7, 11) is 1.59. The maximum Gasteiger partial charge on any atom is 0.341 e. The molecule has 228 valence electrons. The summed E-state index contributed by atoms with van der Waals surface area (Å²) in [4.78, 5) is 40.4. The van der Waals surface area contributed by atoms with Gasteiger partial charge in [-0.1, -0.05) is 36.4 Å². The first-order valence-electron chi connectivity index (χ1n) is 13.7. The number of para-hydroxylation sites is 3. The summed E-state index contributed by atoms with van der Waals surface area (Å²) in [5, 5.41) is 12.1. The van der Waals surface area contributed by atoms with Gasteiger partial charge in [-0.2, -0.15) is 0 Å². The Bertz CT molecular complexity index is 1660. The number of methoxy groups -OCH3 is 1. The zero-order chi connectivity index (χ0) is 31.6. The fourth-order valence-corrected chi connectivity index (χ4v) is 6.37. The minimum Gasteiger partial charge on any atom is -0.495 e. The summed E-state index contributed by atoms with van der Waals surface area (Å²) in [6, 6.07) is 24.0. The summed E-state index contributed by atoms with van der Waals surface area (Å²) in [6.45, 7) is 5.29. The van der Waals surface area contributed by atoms with E-state index >= 15 is 0 Å². The Morgan fingerprint density at radius 1 is 0.909 bits per heavy atom. The highest BCUT2D eigenvalue weighted by molar-refractivity contribution is 8.00. The number of anilines is 4. The molecule has 0 radical (unpaired) electrons. The van der Waals surface area contributed by atoms with Crippen LogP contribution < -0.4 is 26.0 Å². The van der Waals surface area contributed by atoms with Gasteiger partial charge >= 0.3 is 5.97 Å². The van der Waals surface area contributed by atoms with Gasteiger partial charge in [0.15, 0.2) is 5.11 Å². The Kier molecular flexibility index (Phi) is 11.4. The van der Waals surface area contributed by atoms with Crippen molar-refractivity contribution in [3.05, 3.63) is 94.9 Å². The molecule has 1 heterocycles. The molecule has 44 heavy (non-hydrogen) atoms. The van der Waals surface area contributed by atoms with Gasteiger partial charge in [-0.15, -0.1) is 23.1 Å². The lowest BCUT2D eigenvalue weighted by molar-refractivity contribution is -0.115. The van der Waals surface area contributed by atoms with Crippen LogP contribution in [-0.4, -0.2) is 41.9 Å². The number of thiophene rings is 1. The molecule has 0 saturated carbocycles. The number of ether oxygens (including phenoxy) is 2. The lowest BCUT2D eigenvalue weighted by Gasteiger charge is -2.15. The number of amides is 2. The zero-order valence-electron chi connectivity index (χ0n) is 24.6. The maximum absolute atomic E-state index is 13.3. The molecule has 3 aromatic carbocycles. The van der Waals surface area contributed by atoms with Gasteiger partial charge in [0, 0.05) is 16.3 Å². The fraction of sp³-hybridized carbons (Fsp3) is 0.188. The summed E-state index contributed by atoms with van der Waals surface area (Å²) in [6.07, 6.45) is 0. The summed E-state index contributed by atoms with van der Waals surface area (Å²) < 4.78 is 10.6. The number of rotatable bonds is 11. The fourth-order valence-electron chi connectivity index (χ4n) is 4.13. The van der Waals surface area contributed by atoms with Crippen molar-refractivity contribution in [3.8, 4) is 5.75 Å². The number of carbonyl (C=O) groups is 3. The number of nitrogens with one attached hydrogen (secondary N) is 4. The molecule has 4 N–H and O–H groups in total. The summed E-state index contributed by atoms with van der Waals surface area (Å²) in [5.41, 5.74) is 2.70. The van der Waals surface area contributed by atoms with E-state index in [1.165, 1.54) is 11.8 Å². The van der Waals surface area contributed by atoms with E-state index in [0.717, 1.165) is 27.6 Å². The highest BCUT2D eigenvalue weighted by atomic mass is 32.2. The van der Waals surface area contributed by atoms with E-state index in [-0.39, 0.29) is 29.0 Å². The minimum absolute atomic E-state index is 0.154. The van der Waals surface area contributed by atoms with E-state index in [0.29, 0.717) is 27.0 Å². The Hall–Kier alpha value is -4.39. The van der Waals surface area contributed by atoms with Gasteiger partial charge in [-0.3, -0.25) is 9.59 Å².